The lowest BCUT2D eigenvalue weighted by Crippen LogP contribution is -2.48. The van der Waals surface area contributed by atoms with Crippen LogP contribution in [0.5, 0.6) is 0 Å². The molecule has 1 fully saturated rings. The molecule has 0 radical (unpaired) electrons. The summed E-state index contributed by atoms with van der Waals surface area (Å²) in [7, 11) is 0. The van der Waals surface area contributed by atoms with E-state index in [1.54, 1.807) is 0 Å². The van der Waals surface area contributed by atoms with E-state index in [-0.39, 0.29) is 30.5 Å². The summed E-state index contributed by atoms with van der Waals surface area (Å²) in [5.41, 5.74) is 7.30. The molecule has 1 aliphatic rings. The summed E-state index contributed by atoms with van der Waals surface area (Å²) in [5, 5.41) is 0. The van der Waals surface area contributed by atoms with Gasteiger partial charge in [0.05, 0.1) is 12.2 Å². The van der Waals surface area contributed by atoms with Crippen molar-refractivity contribution < 1.29 is 9.53 Å². The zero-order chi connectivity index (χ0) is 13.1. The molecule has 1 amide bonds. The highest BCUT2D eigenvalue weighted by Gasteiger charge is 2.26. The first-order valence-electron chi connectivity index (χ1n) is 6.34. The monoisotopic (exact) mass is 284 g/mol. The van der Waals surface area contributed by atoms with Crippen LogP contribution in [0.15, 0.2) is 24.3 Å². The number of carbonyl (C=O) groups is 1. The topological polar surface area (TPSA) is 55.6 Å². The molecule has 1 aromatic rings. The Morgan fingerprint density at radius 3 is 2.26 bits per heavy atom. The van der Waals surface area contributed by atoms with Crippen LogP contribution in [0, 0.1) is 0 Å². The minimum Gasteiger partial charge on any atom is -0.372 e. The molecule has 19 heavy (non-hydrogen) atoms. The number of hydrogen-bond donors (Lipinski definition) is 1. The van der Waals surface area contributed by atoms with Gasteiger partial charge in [-0.2, -0.15) is 0 Å². The number of carbonyl (C=O) groups excluding carboxylic acids is 1. The molecule has 4 nitrogen and oxygen atoms in total. The predicted octanol–water partition coefficient (Wildman–Crippen LogP) is 1.82. The van der Waals surface area contributed by atoms with Crippen LogP contribution in [-0.2, 0) is 11.3 Å². The predicted molar refractivity (Wildman–Crippen MR) is 77.5 cm³/mol. The number of ether oxygens (including phenoxy) is 1. The second-order valence-electron chi connectivity index (χ2n) is 4.87. The first-order chi connectivity index (χ1) is 8.60. The second kappa shape index (κ2) is 6.89. The highest BCUT2D eigenvalue weighted by molar-refractivity contribution is 5.94. The zero-order valence-electron chi connectivity index (χ0n) is 11.3. The Hall–Kier alpha value is -1.10. The van der Waals surface area contributed by atoms with Crippen LogP contribution in [0.4, 0.5) is 0 Å². The highest BCUT2D eigenvalue weighted by Crippen LogP contribution is 2.14. The van der Waals surface area contributed by atoms with Gasteiger partial charge in [0.15, 0.2) is 0 Å². The average Bonchev–Trinajstić information content (AvgIpc) is 2.37. The van der Waals surface area contributed by atoms with Gasteiger partial charge in [0.1, 0.15) is 0 Å². The van der Waals surface area contributed by atoms with Crippen molar-refractivity contribution in [3.63, 3.8) is 0 Å². The maximum Gasteiger partial charge on any atom is 0.254 e. The van der Waals surface area contributed by atoms with Crippen molar-refractivity contribution in [3.05, 3.63) is 35.4 Å². The van der Waals surface area contributed by atoms with Crippen LogP contribution in [0.3, 0.4) is 0 Å². The fourth-order valence-corrected chi connectivity index (χ4v) is 2.31. The summed E-state index contributed by atoms with van der Waals surface area (Å²) in [5.74, 6) is 0.0700. The molecule has 1 aromatic carbocycles. The molecule has 2 atom stereocenters. The van der Waals surface area contributed by atoms with Crippen LogP contribution in [-0.4, -0.2) is 36.1 Å². The highest BCUT2D eigenvalue weighted by atomic mass is 35.5. The quantitative estimate of drug-likeness (QED) is 0.901. The summed E-state index contributed by atoms with van der Waals surface area (Å²) < 4.78 is 5.63. The first kappa shape index (κ1) is 16.0. The van der Waals surface area contributed by atoms with Gasteiger partial charge in [-0.25, -0.2) is 0 Å². The van der Waals surface area contributed by atoms with Gasteiger partial charge in [-0.3, -0.25) is 4.79 Å². The Labute approximate surface area is 120 Å². The largest absolute Gasteiger partial charge is 0.372 e. The fourth-order valence-electron chi connectivity index (χ4n) is 2.31. The molecule has 0 aliphatic carbocycles. The molecule has 2 rings (SSSR count). The smallest absolute Gasteiger partial charge is 0.254 e. The van der Waals surface area contributed by atoms with Crippen molar-refractivity contribution in [3.8, 4) is 0 Å². The van der Waals surface area contributed by atoms with E-state index in [9.17, 15) is 4.79 Å². The van der Waals surface area contributed by atoms with Crippen LogP contribution < -0.4 is 5.73 Å². The van der Waals surface area contributed by atoms with E-state index in [1.165, 1.54) is 0 Å². The minimum absolute atomic E-state index is 0. The van der Waals surface area contributed by atoms with Gasteiger partial charge in [-0.1, -0.05) is 12.1 Å². The molecule has 0 unspecified atom stereocenters. The molecule has 106 valence electrons. The molecule has 1 saturated heterocycles. The average molecular weight is 285 g/mol. The van der Waals surface area contributed by atoms with Gasteiger partial charge >= 0.3 is 0 Å². The molecule has 0 aromatic heterocycles. The Kier molecular flexibility index (Phi) is 5.79. The molecule has 0 saturated carbocycles. The maximum atomic E-state index is 12.3. The second-order valence-corrected chi connectivity index (χ2v) is 4.87. The van der Waals surface area contributed by atoms with Gasteiger partial charge < -0.3 is 15.4 Å². The minimum atomic E-state index is 0. The summed E-state index contributed by atoms with van der Waals surface area (Å²) >= 11 is 0. The number of amides is 1. The maximum absolute atomic E-state index is 12.3. The third-order valence-electron chi connectivity index (χ3n) is 3.14. The number of morpholine rings is 1. The van der Waals surface area contributed by atoms with Crippen molar-refractivity contribution in [1.29, 1.82) is 0 Å². The number of hydrogen-bond acceptors (Lipinski definition) is 3. The first-order valence-corrected chi connectivity index (χ1v) is 6.34. The molecule has 2 N–H and O–H groups in total. The molecular weight excluding hydrogens is 264 g/mol. The van der Waals surface area contributed by atoms with Crippen molar-refractivity contribution in [1.82, 2.24) is 4.90 Å². The summed E-state index contributed by atoms with van der Waals surface area (Å²) in [4.78, 5) is 14.2. The fraction of sp³-hybridized carbons (Fsp3) is 0.500. The van der Waals surface area contributed by atoms with E-state index in [1.807, 2.05) is 43.0 Å². The van der Waals surface area contributed by atoms with E-state index in [2.05, 4.69) is 0 Å². The van der Waals surface area contributed by atoms with Crippen LogP contribution in [0.1, 0.15) is 29.8 Å². The van der Waals surface area contributed by atoms with Gasteiger partial charge in [0, 0.05) is 25.2 Å². The van der Waals surface area contributed by atoms with E-state index in [0.29, 0.717) is 25.2 Å². The molecule has 0 bridgehead atoms. The van der Waals surface area contributed by atoms with Crippen molar-refractivity contribution in [2.45, 2.75) is 32.6 Å². The van der Waals surface area contributed by atoms with E-state index in [0.717, 1.165) is 5.56 Å². The zero-order valence-corrected chi connectivity index (χ0v) is 12.2. The molecule has 5 heteroatoms. The van der Waals surface area contributed by atoms with Crippen molar-refractivity contribution in [2.24, 2.45) is 5.73 Å². The number of halogens is 1. The lowest BCUT2D eigenvalue weighted by molar-refractivity contribution is -0.0586. The summed E-state index contributed by atoms with van der Waals surface area (Å²) in [6, 6.07) is 7.49. The molecular formula is C14H21ClN2O2. The number of benzene rings is 1. The molecule has 1 heterocycles. The van der Waals surface area contributed by atoms with Crippen LogP contribution in [0.2, 0.25) is 0 Å². The summed E-state index contributed by atoms with van der Waals surface area (Å²) in [6.45, 7) is 5.80. The lowest BCUT2D eigenvalue weighted by atomic mass is 10.1. The van der Waals surface area contributed by atoms with E-state index in [4.69, 9.17) is 10.5 Å². The van der Waals surface area contributed by atoms with Gasteiger partial charge in [-0.15, -0.1) is 12.4 Å². The van der Waals surface area contributed by atoms with Crippen molar-refractivity contribution >= 4 is 18.3 Å². The molecule has 0 spiro atoms. The Balaban J connectivity index is 0.00000180. The van der Waals surface area contributed by atoms with Crippen molar-refractivity contribution in [2.75, 3.05) is 13.1 Å². The standard InChI is InChI=1S/C14H20N2O2.ClH/c1-10-8-16(9-11(2)18-10)14(17)13-5-3-12(7-15)4-6-13;/h3-6,10-11H,7-9,15H2,1-2H3;1H/t10-,11+;. The van der Waals surface area contributed by atoms with E-state index < -0.39 is 0 Å². The Morgan fingerprint density at radius 1 is 1.26 bits per heavy atom. The lowest BCUT2D eigenvalue weighted by Gasteiger charge is -2.35. The van der Waals surface area contributed by atoms with Crippen LogP contribution >= 0.6 is 12.4 Å². The third kappa shape index (κ3) is 3.93. The number of rotatable bonds is 2. The number of nitrogens with zero attached hydrogens (tertiary/aromatic N) is 1. The SMILES string of the molecule is C[C@@H]1CN(C(=O)c2ccc(CN)cc2)C[C@H](C)O1.Cl. The Morgan fingerprint density at radius 2 is 1.79 bits per heavy atom. The molecule has 1 aliphatic heterocycles. The normalized spacial score (nSPS) is 22.8. The van der Waals surface area contributed by atoms with Gasteiger partial charge in [-0.05, 0) is 31.5 Å². The number of nitrogens with two attached hydrogens (primary N) is 1. The Bertz CT molecular complexity index is 412. The summed E-state index contributed by atoms with van der Waals surface area (Å²) in [6.07, 6.45) is 0.196. The van der Waals surface area contributed by atoms with E-state index >= 15 is 0 Å². The van der Waals surface area contributed by atoms with Gasteiger partial charge in [0.25, 0.3) is 5.91 Å². The van der Waals surface area contributed by atoms with Crippen LogP contribution in [0.25, 0.3) is 0 Å². The van der Waals surface area contributed by atoms with Gasteiger partial charge in [0.2, 0.25) is 0 Å². The third-order valence-corrected chi connectivity index (χ3v) is 3.14.